The Kier molecular flexibility index (Phi) is 5.67. The van der Waals surface area contributed by atoms with E-state index in [1.54, 1.807) is 24.3 Å². The molecule has 172 valence electrons. The van der Waals surface area contributed by atoms with Gasteiger partial charge in [-0.1, -0.05) is 29.8 Å². The average molecular weight is 475 g/mol. The summed E-state index contributed by atoms with van der Waals surface area (Å²) in [5.74, 6) is -0.605. The molecule has 0 spiro atoms. The zero-order chi connectivity index (χ0) is 23.8. The van der Waals surface area contributed by atoms with Crippen molar-refractivity contribution in [1.29, 1.82) is 0 Å². The summed E-state index contributed by atoms with van der Waals surface area (Å²) in [7, 11) is 1.84. The number of fused-ring (bicyclic) bond motifs is 2. The van der Waals surface area contributed by atoms with E-state index in [4.69, 9.17) is 9.47 Å². The van der Waals surface area contributed by atoms with Crippen molar-refractivity contribution in [3.05, 3.63) is 89.1 Å². The molecule has 0 radical (unpaired) electrons. The number of ether oxygens (including phenoxy) is 2. The van der Waals surface area contributed by atoms with E-state index in [0.717, 1.165) is 32.5 Å². The lowest BCUT2D eigenvalue weighted by Crippen LogP contribution is -2.25. The third-order valence-electron chi connectivity index (χ3n) is 5.86. The molecule has 0 aliphatic carbocycles. The summed E-state index contributed by atoms with van der Waals surface area (Å²) in [5, 5.41) is 10.2. The van der Waals surface area contributed by atoms with Crippen LogP contribution in [0.2, 0.25) is 0 Å². The Bertz CT molecular complexity index is 1410. The number of hydrogen-bond acceptors (Lipinski definition) is 5. The largest absolute Gasteiger partial charge is 0.478 e. The van der Waals surface area contributed by atoms with Crippen LogP contribution in [0, 0.1) is 6.92 Å². The number of aryl methyl sites for hydroxylation is 2. The number of aromatic nitrogens is 1. The highest BCUT2D eigenvalue weighted by molar-refractivity contribution is 7.98. The molecule has 1 atom stereocenters. The highest BCUT2D eigenvalue weighted by atomic mass is 32.2. The lowest BCUT2D eigenvalue weighted by atomic mass is 9.90. The van der Waals surface area contributed by atoms with E-state index < -0.39 is 11.9 Å². The Labute approximate surface area is 200 Å². The van der Waals surface area contributed by atoms with Gasteiger partial charge in [0.1, 0.15) is 0 Å². The zero-order valence-electron chi connectivity index (χ0n) is 18.6. The molecule has 2 N–H and O–H groups in total. The molecule has 0 saturated carbocycles. The van der Waals surface area contributed by atoms with Crippen molar-refractivity contribution in [3.63, 3.8) is 0 Å². The fourth-order valence-electron chi connectivity index (χ4n) is 4.12. The average Bonchev–Trinajstić information content (AvgIpc) is 3.43. The number of hydrogen-bond donors (Lipinski definition) is 2. The summed E-state index contributed by atoms with van der Waals surface area (Å²) in [6, 6.07) is 18.3. The van der Waals surface area contributed by atoms with E-state index in [9.17, 15) is 14.7 Å². The maximum Gasteiger partial charge on any atom is 0.335 e. The number of carbonyl (C=O) groups excluding carboxylic acids is 1. The molecule has 0 bridgehead atoms. The normalized spacial score (nSPS) is 13.1. The minimum Gasteiger partial charge on any atom is -0.478 e. The van der Waals surface area contributed by atoms with Crippen LogP contribution < -0.4 is 14.2 Å². The first kappa shape index (κ1) is 21.9. The second-order valence-corrected chi connectivity index (χ2v) is 9.04. The summed E-state index contributed by atoms with van der Waals surface area (Å²) < 4.78 is 15.8. The van der Waals surface area contributed by atoms with E-state index in [-0.39, 0.29) is 18.3 Å². The number of carboxylic acid groups (broad SMARTS) is 1. The van der Waals surface area contributed by atoms with Crippen LogP contribution in [0.4, 0.5) is 0 Å². The van der Waals surface area contributed by atoms with E-state index in [1.165, 1.54) is 11.9 Å². The molecule has 4 aromatic rings. The fourth-order valence-corrected chi connectivity index (χ4v) is 4.73. The summed E-state index contributed by atoms with van der Waals surface area (Å²) in [6.07, 6.45) is 1.88. The number of carbonyl (C=O) groups is 2. The van der Waals surface area contributed by atoms with Gasteiger partial charge < -0.3 is 19.1 Å². The fraction of sp³-hybridized carbons (Fsp3) is 0.154. The van der Waals surface area contributed by atoms with Crippen molar-refractivity contribution in [2.24, 2.45) is 7.05 Å². The molecular formula is C26H22N2O5S. The highest BCUT2D eigenvalue weighted by Gasteiger charge is 2.29. The van der Waals surface area contributed by atoms with Crippen LogP contribution in [0.5, 0.6) is 11.5 Å². The Morgan fingerprint density at radius 3 is 2.56 bits per heavy atom. The molecule has 34 heavy (non-hydrogen) atoms. The molecule has 0 saturated heterocycles. The Morgan fingerprint density at radius 1 is 1.03 bits per heavy atom. The summed E-state index contributed by atoms with van der Waals surface area (Å²) >= 11 is 1.26. The second-order valence-electron chi connectivity index (χ2n) is 8.16. The Balaban J connectivity index is 1.56. The molecule has 1 amide bonds. The number of carboxylic acids is 1. The topological polar surface area (TPSA) is 89.8 Å². The Morgan fingerprint density at radius 2 is 1.79 bits per heavy atom. The Hall–Kier alpha value is -3.91. The highest BCUT2D eigenvalue weighted by Crippen LogP contribution is 2.39. The summed E-state index contributed by atoms with van der Waals surface area (Å²) in [4.78, 5) is 26.0. The van der Waals surface area contributed by atoms with Gasteiger partial charge in [0, 0.05) is 29.0 Å². The second kappa shape index (κ2) is 8.79. The van der Waals surface area contributed by atoms with Crippen molar-refractivity contribution >= 4 is 34.7 Å². The van der Waals surface area contributed by atoms with Crippen LogP contribution in [-0.2, 0) is 11.8 Å². The van der Waals surface area contributed by atoms with Crippen LogP contribution in [0.25, 0.3) is 10.9 Å². The van der Waals surface area contributed by atoms with Crippen LogP contribution in [-0.4, -0.2) is 28.3 Å². The third kappa shape index (κ3) is 4.08. The predicted molar refractivity (Wildman–Crippen MR) is 129 cm³/mol. The lowest BCUT2D eigenvalue weighted by molar-refractivity contribution is -0.119. The van der Waals surface area contributed by atoms with Crippen LogP contribution in [0.1, 0.15) is 33.0 Å². The number of nitrogens with one attached hydrogen (secondary N) is 1. The molecule has 1 aromatic heterocycles. The van der Waals surface area contributed by atoms with Crippen molar-refractivity contribution in [1.82, 2.24) is 9.29 Å². The van der Waals surface area contributed by atoms with Crippen LogP contribution in [0.15, 0.2) is 71.8 Å². The van der Waals surface area contributed by atoms with Crippen molar-refractivity contribution in [2.75, 3.05) is 6.79 Å². The predicted octanol–water partition coefficient (Wildman–Crippen LogP) is 4.87. The van der Waals surface area contributed by atoms with Gasteiger partial charge in [0.2, 0.25) is 12.7 Å². The number of rotatable bonds is 6. The van der Waals surface area contributed by atoms with Gasteiger partial charge in [-0.25, -0.2) is 4.79 Å². The molecule has 1 aliphatic heterocycles. The van der Waals surface area contributed by atoms with E-state index >= 15 is 0 Å². The molecule has 8 heteroatoms. The van der Waals surface area contributed by atoms with Crippen molar-refractivity contribution < 1.29 is 24.2 Å². The van der Waals surface area contributed by atoms with Gasteiger partial charge in [-0.2, -0.15) is 0 Å². The molecule has 7 nitrogen and oxygen atoms in total. The van der Waals surface area contributed by atoms with Gasteiger partial charge in [0.05, 0.1) is 11.5 Å². The summed E-state index contributed by atoms with van der Waals surface area (Å²) in [6.45, 7) is 2.16. The SMILES string of the molecule is Cc1ccc(SNC(=O)C(c2ccc3c(c2)OCO3)c2cn(C)c3cc(C(=O)O)ccc23)cc1. The first-order chi connectivity index (χ1) is 16.4. The summed E-state index contributed by atoms with van der Waals surface area (Å²) in [5.41, 5.74) is 3.60. The van der Waals surface area contributed by atoms with Crippen molar-refractivity contribution in [2.45, 2.75) is 17.7 Å². The lowest BCUT2D eigenvalue weighted by Gasteiger charge is -2.17. The molecule has 1 unspecified atom stereocenters. The monoisotopic (exact) mass is 474 g/mol. The molecular weight excluding hydrogens is 452 g/mol. The molecule has 1 aliphatic rings. The van der Waals surface area contributed by atoms with E-state index in [2.05, 4.69) is 4.72 Å². The van der Waals surface area contributed by atoms with Crippen LogP contribution in [0.3, 0.4) is 0 Å². The van der Waals surface area contributed by atoms with Gasteiger partial charge in [-0.15, -0.1) is 0 Å². The molecule has 3 aromatic carbocycles. The maximum absolute atomic E-state index is 13.6. The van der Waals surface area contributed by atoms with Gasteiger partial charge >= 0.3 is 5.97 Å². The van der Waals surface area contributed by atoms with Gasteiger partial charge in [-0.3, -0.25) is 9.52 Å². The van der Waals surface area contributed by atoms with E-state index in [0.29, 0.717) is 11.5 Å². The minimum atomic E-state index is -0.996. The maximum atomic E-state index is 13.6. The number of amides is 1. The van der Waals surface area contributed by atoms with Crippen molar-refractivity contribution in [3.8, 4) is 11.5 Å². The van der Waals surface area contributed by atoms with Gasteiger partial charge in [0.25, 0.3) is 0 Å². The molecule has 5 rings (SSSR count). The number of aromatic carboxylic acids is 1. The van der Waals surface area contributed by atoms with Crippen LogP contribution >= 0.6 is 11.9 Å². The first-order valence-electron chi connectivity index (χ1n) is 10.7. The van der Waals surface area contributed by atoms with E-state index in [1.807, 2.05) is 61.1 Å². The number of benzene rings is 3. The minimum absolute atomic E-state index is 0.144. The zero-order valence-corrected chi connectivity index (χ0v) is 19.4. The first-order valence-corrected chi connectivity index (χ1v) is 11.5. The standard InChI is InChI=1S/C26H22N2O5S/c1-15-3-7-18(8-4-15)34-27-25(29)24(16-6-10-22-23(12-16)33-14-32-22)20-13-28(2)21-11-17(26(30)31)5-9-19(20)21/h3-13,24H,14H2,1-2H3,(H,27,29)(H,30,31). The third-order valence-corrected chi connectivity index (χ3v) is 6.67. The molecule has 2 heterocycles. The number of nitrogens with zero attached hydrogens (tertiary/aromatic N) is 1. The smallest absolute Gasteiger partial charge is 0.335 e. The molecule has 0 fully saturated rings. The van der Waals surface area contributed by atoms with Gasteiger partial charge in [-0.05, 0) is 66.4 Å². The van der Waals surface area contributed by atoms with Gasteiger partial charge in [0.15, 0.2) is 11.5 Å². The quantitative estimate of drug-likeness (QED) is 0.388.